The number of aryl methyl sites for hydroxylation is 1. The fourth-order valence-electron chi connectivity index (χ4n) is 3.55. The Labute approximate surface area is 177 Å². The van der Waals surface area contributed by atoms with E-state index in [-0.39, 0.29) is 29.6 Å². The van der Waals surface area contributed by atoms with Crippen LogP contribution in [0.1, 0.15) is 26.1 Å². The number of nitrogens with zero attached hydrogens (tertiary/aromatic N) is 4. The molecule has 0 aliphatic heterocycles. The maximum absolute atomic E-state index is 13.1. The van der Waals surface area contributed by atoms with Crippen molar-refractivity contribution in [2.75, 3.05) is 10.6 Å². The molecule has 2 aromatic carbocycles. The van der Waals surface area contributed by atoms with Crippen LogP contribution in [0.4, 0.5) is 11.4 Å². The van der Waals surface area contributed by atoms with Crippen LogP contribution in [0.2, 0.25) is 0 Å². The number of rotatable bonds is 6. The van der Waals surface area contributed by atoms with Gasteiger partial charge in [0, 0.05) is 24.7 Å². The van der Waals surface area contributed by atoms with E-state index in [2.05, 4.69) is 20.8 Å². The van der Waals surface area contributed by atoms with Gasteiger partial charge >= 0.3 is 0 Å². The van der Waals surface area contributed by atoms with E-state index in [1.807, 2.05) is 25.1 Å². The molecule has 2 amide bonds. The lowest BCUT2D eigenvalue weighted by molar-refractivity contribution is -0.117. The van der Waals surface area contributed by atoms with Gasteiger partial charge in [-0.15, -0.1) is 10.2 Å². The van der Waals surface area contributed by atoms with Crippen LogP contribution in [0.3, 0.4) is 0 Å². The maximum Gasteiger partial charge on any atom is 0.297 e. The van der Waals surface area contributed by atoms with Crippen LogP contribution in [0.5, 0.6) is 0 Å². The lowest BCUT2D eigenvalue weighted by Crippen LogP contribution is -2.29. The largest absolute Gasteiger partial charge is 0.326 e. The van der Waals surface area contributed by atoms with Crippen LogP contribution in [-0.4, -0.2) is 31.0 Å². The number of nitrogens with one attached hydrogen (secondary N) is 2. The Kier molecular flexibility index (Phi) is 5.48. The minimum atomic E-state index is -0.371. The summed E-state index contributed by atoms with van der Waals surface area (Å²) in [6.07, 6.45) is 1.57. The van der Waals surface area contributed by atoms with Gasteiger partial charge in [-0.3, -0.25) is 23.4 Å². The van der Waals surface area contributed by atoms with E-state index in [0.717, 1.165) is 17.8 Å². The van der Waals surface area contributed by atoms with Crippen molar-refractivity contribution in [2.45, 2.75) is 33.2 Å². The van der Waals surface area contributed by atoms with Crippen LogP contribution in [0.15, 0.2) is 53.3 Å². The topological polar surface area (TPSA) is 110 Å². The van der Waals surface area contributed by atoms with Crippen molar-refractivity contribution in [1.29, 1.82) is 0 Å². The third-order valence-electron chi connectivity index (χ3n) is 4.84. The number of hydrogen-bond donors (Lipinski definition) is 2. The molecule has 0 atom stereocenters. The van der Waals surface area contributed by atoms with E-state index >= 15 is 0 Å². The number of anilines is 2. The molecule has 0 aliphatic carbocycles. The molecule has 0 saturated carbocycles. The highest BCUT2D eigenvalue weighted by Gasteiger charge is 2.17. The minimum absolute atomic E-state index is 0.167. The molecule has 158 valence electrons. The SMILES string of the molecule is CCCc1nnc2c(=O)n(CC(=O)Nc3ccc(NC(C)=O)cc3)c3ccccc3n12. The van der Waals surface area contributed by atoms with Crippen molar-refractivity contribution in [3.63, 3.8) is 0 Å². The summed E-state index contributed by atoms with van der Waals surface area (Å²) >= 11 is 0. The average Bonchev–Trinajstić information content (AvgIpc) is 3.17. The molecule has 2 heterocycles. The fourth-order valence-corrected chi connectivity index (χ4v) is 3.55. The number of carbonyl (C=O) groups excluding carboxylic acids is 2. The van der Waals surface area contributed by atoms with Gasteiger partial charge in [-0.2, -0.15) is 0 Å². The Hall–Kier alpha value is -4.01. The molecular weight excluding hydrogens is 396 g/mol. The van der Waals surface area contributed by atoms with Crippen LogP contribution in [-0.2, 0) is 22.6 Å². The van der Waals surface area contributed by atoms with Crippen molar-refractivity contribution >= 4 is 39.9 Å². The van der Waals surface area contributed by atoms with Gasteiger partial charge in [0.25, 0.3) is 5.56 Å². The molecule has 4 rings (SSSR count). The fraction of sp³-hybridized carbons (Fsp3) is 0.227. The Bertz CT molecular complexity index is 1340. The molecule has 0 saturated heterocycles. The molecule has 9 nitrogen and oxygen atoms in total. The summed E-state index contributed by atoms with van der Waals surface area (Å²) in [5, 5.41) is 13.7. The zero-order valence-corrected chi connectivity index (χ0v) is 17.3. The molecule has 2 aromatic heterocycles. The van der Waals surface area contributed by atoms with Gasteiger partial charge in [-0.1, -0.05) is 19.1 Å². The van der Waals surface area contributed by atoms with Crippen molar-refractivity contribution in [3.8, 4) is 0 Å². The first-order valence-corrected chi connectivity index (χ1v) is 10.0. The molecule has 0 unspecified atom stereocenters. The zero-order valence-electron chi connectivity index (χ0n) is 17.3. The number of fused-ring (bicyclic) bond motifs is 3. The predicted octanol–water partition coefficient (Wildman–Crippen LogP) is 2.59. The van der Waals surface area contributed by atoms with E-state index in [1.54, 1.807) is 34.7 Å². The predicted molar refractivity (Wildman–Crippen MR) is 118 cm³/mol. The molecule has 0 radical (unpaired) electrons. The maximum atomic E-state index is 13.1. The zero-order chi connectivity index (χ0) is 22.0. The van der Waals surface area contributed by atoms with E-state index in [0.29, 0.717) is 23.3 Å². The van der Waals surface area contributed by atoms with Crippen molar-refractivity contribution in [3.05, 3.63) is 64.7 Å². The standard InChI is InChI=1S/C22H22N6O3/c1-3-6-19-25-26-21-22(31)27(17-7-4-5-8-18(17)28(19)21)13-20(30)24-16-11-9-15(10-12-16)23-14(2)29/h4-5,7-12H,3,6,13H2,1-2H3,(H,23,29)(H,24,30). The minimum Gasteiger partial charge on any atom is -0.326 e. The molecule has 31 heavy (non-hydrogen) atoms. The lowest BCUT2D eigenvalue weighted by Gasteiger charge is -2.13. The van der Waals surface area contributed by atoms with Gasteiger partial charge in [-0.05, 0) is 42.8 Å². The van der Waals surface area contributed by atoms with Crippen molar-refractivity contribution < 1.29 is 9.59 Å². The number of aromatic nitrogens is 4. The lowest BCUT2D eigenvalue weighted by atomic mass is 10.2. The monoisotopic (exact) mass is 418 g/mol. The Morgan fingerprint density at radius 2 is 1.58 bits per heavy atom. The molecule has 2 N–H and O–H groups in total. The first-order chi connectivity index (χ1) is 15.0. The quantitative estimate of drug-likeness (QED) is 0.500. The first-order valence-electron chi connectivity index (χ1n) is 10.0. The first kappa shape index (κ1) is 20.3. The third kappa shape index (κ3) is 4.02. The number of amides is 2. The van der Waals surface area contributed by atoms with Gasteiger partial charge in [0.15, 0.2) is 0 Å². The van der Waals surface area contributed by atoms with Crippen molar-refractivity contribution in [1.82, 2.24) is 19.2 Å². The molecule has 0 bridgehead atoms. The summed E-state index contributed by atoms with van der Waals surface area (Å²) in [5.41, 5.74) is 2.43. The Morgan fingerprint density at radius 1 is 0.935 bits per heavy atom. The average molecular weight is 418 g/mol. The molecule has 0 aliphatic rings. The van der Waals surface area contributed by atoms with Gasteiger partial charge in [0.05, 0.1) is 11.0 Å². The molecule has 0 spiro atoms. The number of para-hydroxylation sites is 2. The second-order valence-corrected chi connectivity index (χ2v) is 7.21. The number of hydrogen-bond acceptors (Lipinski definition) is 5. The van der Waals surface area contributed by atoms with Crippen LogP contribution < -0.4 is 16.2 Å². The highest BCUT2D eigenvalue weighted by atomic mass is 16.2. The van der Waals surface area contributed by atoms with E-state index < -0.39 is 0 Å². The van der Waals surface area contributed by atoms with E-state index in [9.17, 15) is 14.4 Å². The summed E-state index contributed by atoms with van der Waals surface area (Å²) in [6.45, 7) is 3.30. The summed E-state index contributed by atoms with van der Waals surface area (Å²) in [5.74, 6) is 0.202. The van der Waals surface area contributed by atoms with Crippen LogP contribution in [0.25, 0.3) is 16.7 Å². The summed E-state index contributed by atoms with van der Waals surface area (Å²) in [7, 11) is 0. The van der Waals surface area contributed by atoms with Crippen LogP contribution in [0, 0.1) is 0 Å². The van der Waals surface area contributed by atoms with Gasteiger partial charge < -0.3 is 10.6 Å². The summed E-state index contributed by atoms with van der Waals surface area (Å²) in [4.78, 5) is 36.9. The molecule has 9 heteroatoms. The highest BCUT2D eigenvalue weighted by molar-refractivity contribution is 5.93. The molecule has 0 fully saturated rings. The normalized spacial score (nSPS) is 11.0. The van der Waals surface area contributed by atoms with E-state index in [1.165, 1.54) is 11.5 Å². The Balaban J connectivity index is 1.66. The third-order valence-corrected chi connectivity index (χ3v) is 4.84. The molecular formula is C22H22N6O3. The highest BCUT2D eigenvalue weighted by Crippen LogP contribution is 2.17. The van der Waals surface area contributed by atoms with Gasteiger partial charge in [0.1, 0.15) is 12.4 Å². The number of carbonyl (C=O) groups is 2. The van der Waals surface area contributed by atoms with Crippen molar-refractivity contribution in [2.24, 2.45) is 0 Å². The van der Waals surface area contributed by atoms with Gasteiger partial charge in [-0.25, -0.2) is 0 Å². The van der Waals surface area contributed by atoms with Gasteiger partial charge in [0.2, 0.25) is 17.5 Å². The number of benzene rings is 2. The van der Waals surface area contributed by atoms with E-state index in [4.69, 9.17) is 0 Å². The summed E-state index contributed by atoms with van der Waals surface area (Å²) < 4.78 is 3.19. The Morgan fingerprint density at radius 3 is 2.23 bits per heavy atom. The summed E-state index contributed by atoms with van der Waals surface area (Å²) in [6, 6.07) is 14.1. The second-order valence-electron chi connectivity index (χ2n) is 7.21. The smallest absolute Gasteiger partial charge is 0.297 e. The molecule has 4 aromatic rings. The van der Waals surface area contributed by atoms with Crippen LogP contribution >= 0.6 is 0 Å². The second kappa shape index (κ2) is 8.39.